The molecule has 0 saturated heterocycles. The Kier molecular flexibility index (Phi) is 7.68. The molecule has 3 nitrogen and oxygen atoms in total. The van der Waals surface area contributed by atoms with Crippen molar-refractivity contribution < 1.29 is 4.39 Å². The number of nitrogens with one attached hydrogen (secondary N) is 1. The van der Waals surface area contributed by atoms with Crippen LogP contribution in [0.25, 0.3) is 0 Å². The summed E-state index contributed by atoms with van der Waals surface area (Å²) < 4.78 is 13.9. The van der Waals surface area contributed by atoms with Crippen molar-refractivity contribution in [2.24, 2.45) is 4.99 Å². The summed E-state index contributed by atoms with van der Waals surface area (Å²) in [7, 11) is 2.07. The summed E-state index contributed by atoms with van der Waals surface area (Å²) in [5.41, 5.74) is 0.812. The van der Waals surface area contributed by atoms with Crippen molar-refractivity contribution in [2.75, 3.05) is 20.1 Å². The second-order valence-corrected chi connectivity index (χ2v) is 7.20. The summed E-state index contributed by atoms with van der Waals surface area (Å²) in [6, 6.07) is 11.6. The first-order chi connectivity index (χ1) is 11.7. The van der Waals surface area contributed by atoms with E-state index >= 15 is 0 Å². The Morgan fingerprint density at radius 3 is 2.80 bits per heavy atom. The van der Waals surface area contributed by atoms with Crippen molar-refractivity contribution in [1.82, 2.24) is 10.2 Å². The van der Waals surface area contributed by atoms with Gasteiger partial charge in [0, 0.05) is 37.0 Å². The van der Waals surface area contributed by atoms with E-state index in [9.17, 15) is 4.39 Å². The summed E-state index contributed by atoms with van der Waals surface area (Å²) in [5, 5.41) is 5.62. The van der Waals surface area contributed by atoms with Crippen LogP contribution in [0.5, 0.6) is 0 Å². The van der Waals surface area contributed by atoms with Gasteiger partial charge < -0.3 is 10.2 Å². The second-order valence-electron chi connectivity index (χ2n) is 6.16. The fourth-order valence-corrected chi connectivity index (χ4v) is 3.60. The fourth-order valence-electron chi connectivity index (χ4n) is 2.90. The number of rotatable bonds is 6. The van der Waals surface area contributed by atoms with Gasteiger partial charge in [-0.05, 0) is 42.8 Å². The molecule has 1 fully saturated rings. The fraction of sp³-hybridized carbons (Fsp3) is 0.421. The van der Waals surface area contributed by atoms with Crippen LogP contribution in [0.2, 0.25) is 0 Å². The van der Waals surface area contributed by atoms with Gasteiger partial charge in [0.1, 0.15) is 5.82 Å². The molecule has 2 atom stereocenters. The van der Waals surface area contributed by atoms with E-state index in [1.807, 2.05) is 19.1 Å². The summed E-state index contributed by atoms with van der Waals surface area (Å²) in [6.45, 7) is 3.70. The van der Waals surface area contributed by atoms with E-state index in [0.717, 1.165) is 37.5 Å². The van der Waals surface area contributed by atoms with Gasteiger partial charge in [-0.3, -0.25) is 4.99 Å². The van der Waals surface area contributed by atoms with Crippen LogP contribution in [-0.2, 0) is 6.42 Å². The van der Waals surface area contributed by atoms with Gasteiger partial charge in [-0.2, -0.15) is 0 Å². The topological polar surface area (TPSA) is 27.6 Å². The van der Waals surface area contributed by atoms with Crippen LogP contribution in [0.1, 0.15) is 29.7 Å². The number of guanidine groups is 1. The summed E-state index contributed by atoms with van der Waals surface area (Å²) in [6.07, 6.45) is 1.97. The zero-order valence-electron chi connectivity index (χ0n) is 14.6. The van der Waals surface area contributed by atoms with E-state index in [0.29, 0.717) is 0 Å². The second kappa shape index (κ2) is 9.52. The molecule has 136 valence electrons. The smallest absolute Gasteiger partial charge is 0.193 e. The van der Waals surface area contributed by atoms with Crippen LogP contribution in [-0.4, -0.2) is 37.0 Å². The van der Waals surface area contributed by atoms with Gasteiger partial charge in [-0.1, -0.05) is 24.3 Å². The normalized spacial score (nSPS) is 19.2. The van der Waals surface area contributed by atoms with E-state index in [1.165, 1.54) is 4.88 Å². The Balaban J connectivity index is 0.00000225. The summed E-state index contributed by atoms with van der Waals surface area (Å²) in [5.74, 6) is 1.06. The number of likely N-dealkylation sites (N-methyl/N-ethyl adjacent to an activating group) is 1. The van der Waals surface area contributed by atoms with Crippen LogP contribution >= 0.6 is 35.3 Å². The highest BCUT2D eigenvalue weighted by Gasteiger charge is 2.40. The lowest BCUT2D eigenvalue weighted by Crippen LogP contribution is -2.41. The van der Waals surface area contributed by atoms with Crippen LogP contribution in [0.3, 0.4) is 0 Å². The van der Waals surface area contributed by atoms with Gasteiger partial charge in [-0.25, -0.2) is 4.39 Å². The van der Waals surface area contributed by atoms with Crippen LogP contribution in [0.4, 0.5) is 4.39 Å². The molecule has 1 aromatic heterocycles. The lowest BCUT2D eigenvalue weighted by molar-refractivity contribution is 0.483. The quantitative estimate of drug-likeness (QED) is 0.380. The molecule has 2 aromatic rings. The number of hydrogen-bond donors (Lipinski definition) is 1. The molecule has 25 heavy (non-hydrogen) atoms. The van der Waals surface area contributed by atoms with E-state index in [-0.39, 0.29) is 41.8 Å². The minimum atomic E-state index is -0.105. The maximum Gasteiger partial charge on any atom is 0.193 e. The number of nitrogens with zero attached hydrogens (tertiary/aromatic N) is 2. The third-order valence-electron chi connectivity index (χ3n) is 4.35. The molecule has 1 N–H and O–H groups in total. The van der Waals surface area contributed by atoms with Gasteiger partial charge in [-0.15, -0.1) is 35.3 Å². The molecular weight excluding hydrogens is 448 g/mol. The Bertz CT molecular complexity index is 690. The molecular formula is C19H25FIN3S. The number of benzene rings is 1. The monoisotopic (exact) mass is 473 g/mol. The number of hydrogen-bond acceptors (Lipinski definition) is 2. The van der Waals surface area contributed by atoms with Crippen molar-refractivity contribution >= 4 is 41.3 Å². The highest BCUT2D eigenvalue weighted by molar-refractivity contribution is 14.0. The average molecular weight is 473 g/mol. The molecule has 0 spiro atoms. The largest absolute Gasteiger partial charge is 0.353 e. The predicted octanol–water partition coefficient (Wildman–Crippen LogP) is 4.50. The molecule has 0 bridgehead atoms. The van der Waals surface area contributed by atoms with Gasteiger partial charge in [0.2, 0.25) is 0 Å². The van der Waals surface area contributed by atoms with Crippen LogP contribution in [0.15, 0.2) is 46.8 Å². The molecule has 0 amide bonds. The van der Waals surface area contributed by atoms with Crippen molar-refractivity contribution in [2.45, 2.75) is 31.7 Å². The lowest BCUT2D eigenvalue weighted by Gasteiger charge is -2.22. The average Bonchev–Trinajstić information content (AvgIpc) is 3.13. The molecule has 1 aromatic carbocycles. The Hall–Kier alpha value is -1.15. The Morgan fingerprint density at radius 1 is 1.32 bits per heavy atom. The maximum atomic E-state index is 13.9. The van der Waals surface area contributed by atoms with E-state index in [4.69, 9.17) is 0 Å². The summed E-state index contributed by atoms with van der Waals surface area (Å²) in [4.78, 5) is 8.15. The molecule has 1 aliphatic rings. The summed E-state index contributed by atoms with van der Waals surface area (Å²) >= 11 is 1.79. The first-order valence-electron chi connectivity index (χ1n) is 8.48. The minimum Gasteiger partial charge on any atom is -0.353 e. The standard InChI is InChI=1S/C19H24FN3S.HI/c1-3-21-19(23(2)11-10-14-7-6-12-24-14)22-18-13-16(18)15-8-4-5-9-17(15)20;/h4-9,12,16,18H,3,10-11,13H2,1-2H3,(H,21,22);1H. The van der Waals surface area contributed by atoms with Crippen molar-refractivity contribution in [3.63, 3.8) is 0 Å². The molecule has 0 aliphatic heterocycles. The van der Waals surface area contributed by atoms with E-state index in [2.05, 4.69) is 39.8 Å². The Morgan fingerprint density at radius 2 is 2.12 bits per heavy atom. The zero-order chi connectivity index (χ0) is 16.9. The zero-order valence-corrected chi connectivity index (χ0v) is 17.8. The predicted molar refractivity (Wildman–Crippen MR) is 115 cm³/mol. The van der Waals surface area contributed by atoms with Crippen molar-refractivity contribution in [3.8, 4) is 0 Å². The first kappa shape index (κ1) is 20.2. The Labute approximate surface area is 170 Å². The SMILES string of the molecule is CCN=C(NC1CC1c1ccccc1F)N(C)CCc1cccs1.I. The van der Waals surface area contributed by atoms with E-state index in [1.54, 1.807) is 23.5 Å². The van der Waals surface area contributed by atoms with Crippen LogP contribution in [0, 0.1) is 5.82 Å². The lowest BCUT2D eigenvalue weighted by atomic mass is 10.1. The number of halogens is 2. The van der Waals surface area contributed by atoms with E-state index < -0.39 is 0 Å². The molecule has 1 aliphatic carbocycles. The minimum absolute atomic E-state index is 0. The molecule has 2 unspecified atom stereocenters. The van der Waals surface area contributed by atoms with Gasteiger partial charge in [0.25, 0.3) is 0 Å². The highest BCUT2D eigenvalue weighted by atomic mass is 127. The molecule has 1 heterocycles. The first-order valence-corrected chi connectivity index (χ1v) is 9.36. The molecule has 0 radical (unpaired) electrons. The maximum absolute atomic E-state index is 13.9. The molecule has 3 rings (SSSR count). The number of aliphatic imine (C=N–C) groups is 1. The van der Waals surface area contributed by atoms with Gasteiger partial charge in [0.05, 0.1) is 0 Å². The van der Waals surface area contributed by atoms with Crippen molar-refractivity contribution in [1.29, 1.82) is 0 Å². The third kappa shape index (κ3) is 5.41. The van der Waals surface area contributed by atoms with Crippen LogP contribution < -0.4 is 5.32 Å². The van der Waals surface area contributed by atoms with Gasteiger partial charge in [0.15, 0.2) is 5.96 Å². The molecule has 1 saturated carbocycles. The van der Waals surface area contributed by atoms with Gasteiger partial charge >= 0.3 is 0 Å². The third-order valence-corrected chi connectivity index (χ3v) is 5.29. The molecule has 6 heteroatoms. The highest BCUT2D eigenvalue weighted by Crippen LogP contribution is 2.41. The number of thiophene rings is 1. The van der Waals surface area contributed by atoms with Crippen molar-refractivity contribution in [3.05, 3.63) is 58.0 Å².